The summed E-state index contributed by atoms with van der Waals surface area (Å²) in [4.78, 5) is 10.8. The second-order valence-electron chi connectivity index (χ2n) is 3.50. The molecule has 74 valence electrons. The van der Waals surface area contributed by atoms with E-state index in [0.29, 0.717) is 6.42 Å². The van der Waals surface area contributed by atoms with Gasteiger partial charge in [0.2, 0.25) is 0 Å². The molecule has 2 atom stereocenters. The summed E-state index contributed by atoms with van der Waals surface area (Å²) >= 11 is 0. The summed E-state index contributed by atoms with van der Waals surface area (Å²) in [5.74, 6) is -0.356. The molecule has 1 N–H and O–H groups in total. The fraction of sp³-hybridized carbons (Fsp3) is 0.364. The van der Waals surface area contributed by atoms with E-state index < -0.39 is 12.2 Å². The van der Waals surface area contributed by atoms with Crippen molar-refractivity contribution in [3.8, 4) is 0 Å². The molecule has 3 heteroatoms. The maximum absolute atomic E-state index is 10.8. The molecule has 0 bridgehead atoms. The molecule has 0 radical (unpaired) electrons. The number of hydrogen-bond donors (Lipinski definition) is 1. The zero-order valence-electron chi connectivity index (χ0n) is 7.93. The van der Waals surface area contributed by atoms with Gasteiger partial charge in [-0.1, -0.05) is 24.3 Å². The molecule has 1 aromatic rings. The Balaban J connectivity index is 2.30. The van der Waals surface area contributed by atoms with Gasteiger partial charge < -0.3 is 9.84 Å². The highest BCUT2D eigenvalue weighted by atomic mass is 16.6. The number of benzene rings is 1. The Morgan fingerprint density at radius 3 is 2.93 bits per heavy atom. The SMILES string of the molecule is CC(=O)O[C@H]1c2ccccc2C[C@H]1O. The highest BCUT2D eigenvalue weighted by Crippen LogP contribution is 2.33. The van der Waals surface area contributed by atoms with Gasteiger partial charge in [-0.2, -0.15) is 0 Å². The molecule has 0 saturated heterocycles. The lowest BCUT2D eigenvalue weighted by Gasteiger charge is -2.15. The van der Waals surface area contributed by atoms with E-state index in [1.165, 1.54) is 6.92 Å². The van der Waals surface area contributed by atoms with E-state index in [0.717, 1.165) is 11.1 Å². The van der Waals surface area contributed by atoms with Gasteiger partial charge in [0.15, 0.2) is 6.10 Å². The van der Waals surface area contributed by atoms with Crippen LogP contribution in [-0.4, -0.2) is 17.2 Å². The molecule has 1 aliphatic carbocycles. The van der Waals surface area contributed by atoms with Crippen LogP contribution in [0.5, 0.6) is 0 Å². The zero-order chi connectivity index (χ0) is 10.1. The first-order valence-corrected chi connectivity index (χ1v) is 4.61. The van der Waals surface area contributed by atoms with Crippen LogP contribution in [0.4, 0.5) is 0 Å². The second-order valence-corrected chi connectivity index (χ2v) is 3.50. The summed E-state index contributed by atoms with van der Waals surface area (Å²) in [6.45, 7) is 1.35. The first-order chi connectivity index (χ1) is 6.68. The van der Waals surface area contributed by atoms with E-state index in [4.69, 9.17) is 4.74 Å². The van der Waals surface area contributed by atoms with Crippen molar-refractivity contribution in [2.75, 3.05) is 0 Å². The summed E-state index contributed by atoms with van der Waals surface area (Å²) in [5, 5.41) is 9.68. The van der Waals surface area contributed by atoms with Crippen LogP contribution in [-0.2, 0) is 16.0 Å². The third-order valence-electron chi connectivity index (χ3n) is 2.43. The van der Waals surface area contributed by atoms with Crippen molar-refractivity contribution in [2.24, 2.45) is 0 Å². The smallest absolute Gasteiger partial charge is 0.303 e. The van der Waals surface area contributed by atoms with Crippen molar-refractivity contribution in [3.05, 3.63) is 35.4 Å². The Kier molecular flexibility index (Phi) is 2.25. The van der Waals surface area contributed by atoms with Gasteiger partial charge in [-0.3, -0.25) is 4.79 Å². The largest absolute Gasteiger partial charge is 0.455 e. The summed E-state index contributed by atoms with van der Waals surface area (Å²) in [5.41, 5.74) is 1.99. The van der Waals surface area contributed by atoms with Crippen LogP contribution in [0.25, 0.3) is 0 Å². The first kappa shape index (κ1) is 9.21. The Morgan fingerprint density at radius 1 is 1.50 bits per heavy atom. The molecule has 14 heavy (non-hydrogen) atoms. The van der Waals surface area contributed by atoms with Gasteiger partial charge in [0.25, 0.3) is 0 Å². The number of aliphatic hydroxyl groups is 1. The molecule has 0 heterocycles. The molecule has 0 aromatic heterocycles. The summed E-state index contributed by atoms with van der Waals surface area (Å²) in [6, 6.07) is 7.64. The number of carbonyl (C=O) groups excluding carboxylic acids is 1. The number of ether oxygens (including phenoxy) is 1. The molecule has 0 amide bonds. The van der Waals surface area contributed by atoms with E-state index in [1.54, 1.807) is 0 Å². The molecule has 1 aliphatic rings. The minimum Gasteiger partial charge on any atom is -0.455 e. The van der Waals surface area contributed by atoms with Crippen molar-refractivity contribution in [1.82, 2.24) is 0 Å². The highest BCUT2D eigenvalue weighted by molar-refractivity contribution is 5.66. The van der Waals surface area contributed by atoms with Crippen LogP contribution in [0.3, 0.4) is 0 Å². The molecule has 2 rings (SSSR count). The van der Waals surface area contributed by atoms with E-state index in [1.807, 2.05) is 24.3 Å². The van der Waals surface area contributed by atoms with Crippen molar-refractivity contribution in [1.29, 1.82) is 0 Å². The predicted octanol–water partition coefficient (Wildman–Crippen LogP) is 1.21. The Hall–Kier alpha value is -1.35. The standard InChI is InChI=1S/C11H12O3/c1-7(12)14-11-9-5-3-2-4-8(9)6-10(11)13/h2-5,10-11,13H,6H2,1H3/t10-,11+/m1/s1. The van der Waals surface area contributed by atoms with Gasteiger partial charge >= 0.3 is 5.97 Å². The van der Waals surface area contributed by atoms with Gasteiger partial charge in [0.05, 0.1) is 6.10 Å². The molecular formula is C11H12O3. The van der Waals surface area contributed by atoms with Crippen LogP contribution >= 0.6 is 0 Å². The lowest BCUT2D eigenvalue weighted by atomic mass is 10.1. The Labute approximate surface area is 82.3 Å². The van der Waals surface area contributed by atoms with Crippen LogP contribution < -0.4 is 0 Å². The molecule has 0 aliphatic heterocycles. The van der Waals surface area contributed by atoms with Gasteiger partial charge in [-0.05, 0) is 11.1 Å². The van der Waals surface area contributed by atoms with Crippen LogP contribution in [0.1, 0.15) is 24.2 Å². The fourth-order valence-corrected chi connectivity index (χ4v) is 1.86. The summed E-state index contributed by atoms with van der Waals surface area (Å²) in [6.07, 6.45) is -0.520. The Morgan fingerprint density at radius 2 is 2.21 bits per heavy atom. The van der Waals surface area contributed by atoms with Crippen molar-refractivity contribution >= 4 is 5.97 Å². The van der Waals surface area contributed by atoms with Gasteiger partial charge in [-0.15, -0.1) is 0 Å². The molecule has 0 spiro atoms. The summed E-state index contributed by atoms with van der Waals surface area (Å²) in [7, 11) is 0. The van der Waals surface area contributed by atoms with Crippen LogP contribution in [0.2, 0.25) is 0 Å². The normalized spacial score (nSPS) is 24.4. The van der Waals surface area contributed by atoms with Crippen molar-refractivity contribution in [2.45, 2.75) is 25.6 Å². The predicted molar refractivity (Wildman–Crippen MR) is 50.7 cm³/mol. The van der Waals surface area contributed by atoms with E-state index in [2.05, 4.69) is 0 Å². The second kappa shape index (κ2) is 3.42. The monoisotopic (exact) mass is 192 g/mol. The van der Waals surface area contributed by atoms with Crippen molar-refractivity contribution < 1.29 is 14.6 Å². The number of hydrogen-bond acceptors (Lipinski definition) is 3. The maximum Gasteiger partial charge on any atom is 0.303 e. The molecular weight excluding hydrogens is 180 g/mol. The minimum atomic E-state index is -0.601. The van der Waals surface area contributed by atoms with Crippen LogP contribution in [0.15, 0.2) is 24.3 Å². The molecule has 0 fully saturated rings. The molecule has 1 aromatic carbocycles. The Bertz CT molecular complexity index is 359. The topological polar surface area (TPSA) is 46.5 Å². The molecule has 3 nitrogen and oxygen atoms in total. The lowest BCUT2D eigenvalue weighted by Crippen LogP contribution is -2.18. The first-order valence-electron chi connectivity index (χ1n) is 4.61. The van der Waals surface area contributed by atoms with E-state index in [-0.39, 0.29) is 5.97 Å². The van der Waals surface area contributed by atoms with Crippen molar-refractivity contribution in [3.63, 3.8) is 0 Å². The number of carbonyl (C=O) groups is 1. The zero-order valence-corrected chi connectivity index (χ0v) is 7.93. The van der Waals surface area contributed by atoms with Gasteiger partial charge in [0.1, 0.15) is 0 Å². The highest BCUT2D eigenvalue weighted by Gasteiger charge is 2.32. The maximum atomic E-state index is 10.8. The van der Waals surface area contributed by atoms with Gasteiger partial charge in [-0.25, -0.2) is 0 Å². The van der Waals surface area contributed by atoms with E-state index in [9.17, 15) is 9.90 Å². The number of fused-ring (bicyclic) bond motifs is 1. The van der Waals surface area contributed by atoms with Crippen LogP contribution in [0, 0.1) is 0 Å². The molecule has 0 unspecified atom stereocenters. The quantitative estimate of drug-likeness (QED) is 0.680. The van der Waals surface area contributed by atoms with Gasteiger partial charge in [0, 0.05) is 13.3 Å². The lowest BCUT2D eigenvalue weighted by molar-refractivity contribution is -0.151. The third kappa shape index (κ3) is 1.51. The molecule has 0 saturated carbocycles. The average molecular weight is 192 g/mol. The summed E-state index contributed by atoms with van der Waals surface area (Å²) < 4.78 is 5.06. The number of rotatable bonds is 1. The minimum absolute atomic E-state index is 0.356. The number of esters is 1. The average Bonchev–Trinajstić information content (AvgIpc) is 2.43. The number of aliphatic hydroxyl groups excluding tert-OH is 1. The third-order valence-corrected chi connectivity index (χ3v) is 2.43. The fourth-order valence-electron chi connectivity index (χ4n) is 1.86. The van der Waals surface area contributed by atoms with E-state index >= 15 is 0 Å².